The highest BCUT2D eigenvalue weighted by Crippen LogP contribution is 2.19. The molecule has 0 saturated carbocycles. The van der Waals surface area contributed by atoms with Crippen molar-refractivity contribution < 1.29 is 9.47 Å². The van der Waals surface area contributed by atoms with Gasteiger partial charge in [-0.25, -0.2) is 0 Å². The van der Waals surface area contributed by atoms with Crippen LogP contribution in [0.25, 0.3) is 0 Å². The summed E-state index contributed by atoms with van der Waals surface area (Å²) in [6, 6.07) is 0. The van der Waals surface area contributed by atoms with Crippen molar-refractivity contribution in [3.05, 3.63) is 11.6 Å². The molecule has 2 aliphatic heterocycles. The Bertz CT molecular complexity index is 185. The van der Waals surface area contributed by atoms with Crippen molar-refractivity contribution in [1.29, 1.82) is 0 Å². The van der Waals surface area contributed by atoms with E-state index in [9.17, 15) is 0 Å². The molecule has 0 N–H and O–H groups in total. The molecule has 1 saturated heterocycles. The monoisotopic (exact) mass is 169 g/mol. The molecular formula is C9H15NO2. The zero-order chi connectivity index (χ0) is 8.39. The zero-order valence-electron chi connectivity index (χ0n) is 7.45. The minimum atomic E-state index is -0.0290. The Hall–Kier alpha value is -0.380. The number of nitrogens with zero attached hydrogens (tertiary/aromatic N) is 1. The van der Waals surface area contributed by atoms with Crippen LogP contribution < -0.4 is 0 Å². The highest BCUT2D eigenvalue weighted by Gasteiger charge is 2.22. The minimum absolute atomic E-state index is 0.0290. The van der Waals surface area contributed by atoms with Crippen LogP contribution in [-0.2, 0) is 9.47 Å². The van der Waals surface area contributed by atoms with Gasteiger partial charge in [0.25, 0.3) is 0 Å². The molecule has 1 fully saturated rings. The fourth-order valence-electron chi connectivity index (χ4n) is 1.57. The summed E-state index contributed by atoms with van der Waals surface area (Å²) in [6.45, 7) is 3.64. The first-order chi connectivity index (χ1) is 5.86. The second-order valence-corrected chi connectivity index (χ2v) is 3.36. The lowest BCUT2D eigenvalue weighted by Crippen LogP contribution is -2.27. The number of hydrogen-bond acceptors (Lipinski definition) is 3. The van der Waals surface area contributed by atoms with Crippen molar-refractivity contribution in [2.45, 2.75) is 12.7 Å². The fraction of sp³-hybridized carbons (Fsp3) is 0.778. The van der Waals surface area contributed by atoms with E-state index in [1.807, 2.05) is 0 Å². The molecule has 2 rings (SSSR count). The third kappa shape index (κ3) is 1.68. The maximum atomic E-state index is 5.42. The van der Waals surface area contributed by atoms with Crippen molar-refractivity contribution >= 4 is 0 Å². The predicted molar refractivity (Wildman–Crippen MR) is 45.9 cm³/mol. The Morgan fingerprint density at radius 3 is 2.75 bits per heavy atom. The van der Waals surface area contributed by atoms with Gasteiger partial charge < -0.3 is 14.4 Å². The number of likely N-dealkylation sites (N-methyl/N-ethyl adjacent to an activating group) is 1. The van der Waals surface area contributed by atoms with E-state index in [1.165, 1.54) is 5.57 Å². The molecule has 0 atom stereocenters. The largest absolute Gasteiger partial charge is 0.346 e. The molecule has 0 bridgehead atoms. The van der Waals surface area contributed by atoms with Gasteiger partial charge in [-0.3, -0.25) is 0 Å². The molecule has 0 aliphatic carbocycles. The second-order valence-electron chi connectivity index (χ2n) is 3.36. The van der Waals surface area contributed by atoms with Gasteiger partial charge in [-0.05, 0) is 19.0 Å². The second kappa shape index (κ2) is 3.56. The van der Waals surface area contributed by atoms with E-state index in [0.717, 1.165) is 32.7 Å². The van der Waals surface area contributed by atoms with Gasteiger partial charge in [0.2, 0.25) is 0 Å². The number of hydrogen-bond donors (Lipinski definition) is 0. The SMILES string of the molecule is CN1CC=C(C2OCCO2)CC1. The van der Waals surface area contributed by atoms with Crippen LogP contribution in [-0.4, -0.2) is 44.5 Å². The lowest BCUT2D eigenvalue weighted by Gasteiger charge is -2.24. The first kappa shape index (κ1) is 8.23. The quantitative estimate of drug-likeness (QED) is 0.537. The Morgan fingerprint density at radius 2 is 2.17 bits per heavy atom. The van der Waals surface area contributed by atoms with E-state index in [1.54, 1.807) is 0 Å². The Kier molecular flexibility index (Phi) is 2.44. The molecule has 3 nitrogen and oxygen atoms in total. The van der Waals surface area contributed by atoms with Gasteiger partial charge in [0.1, 0.15) is 0 Å². The first-order valence-electron chi connectivity index (χ1n) is 4.47. The summed E-state index contributed by atoms with van der Waals surface area (Å²) in [5.41, 5.74) is 1.32. The van der Waals surface area contributed by atoms with E-state index in [2.05, 4.69) is 18.0 Å². The van der Waals surface area contributed by atoms with E-state index in [-0.39, 0.29) is 6.29 Å². The van der Waals surface area contributed by atoms with Gasteiger partial charge in [0.15, 0.2) is 6.29 Å². The summed E-state index contributed by atoms with van der Waals surface area (Å²) in [7, 11) is 2.13. The van der Waals surface area contributed by atoms with Crippen LogP contribution in [0.15, 0.2) is 11.6 Å². The van der Waals surface area contributed by atoms with Gasteiger partial charge in [0, 0.05) is 13.1 Å². The molecule has 3 heteroatoms. The summed E-state index contributed by atoms with van der Waals surface area (Å²) in [6.07, 6.45) is 3.28. The smallest absolute Gasteiger partial charge is 0.180 e. The van der Waals surface area contributed by atoms with Crippen LogP contribution in [0.1, 0.15) is 6.42 Å². The van der Waals surface area contributed by atoms with Crippen LogP contribution in [0.5, 0.6) is 0 Å². The third-order valence-corrected chi connectivity index (χ3v) is 2.37. The van der Waals surface area contributed by atoms with Crippen LogP contribution in [0.2, 0.25) is 0 Å². The molecular weight excluding hydrogens is 154 g/mol. The molecule has 0 aromatic rings. The normalized spacial score (nSPS) is 27.6. The third-order valence-electron chi connectivity index (χ3n) is 2.37. The zero-order valence-corrected chi connectivity index (χ0v) is 7.45. The molecule has 12 heavy (non-hydrogen) atoms. The maximum absolute atomic E-state index is 5.42. The Labute approximate surface area is 72.9 Å². The van der Waals surface area contributed by atoms with Gasteiger partial charge >= 0.3 is 0 Å². The molecule has 0 aromatic carbocycles. The van der Waals surface area contributed by atoms with Crippen molar-refractivity contribution in [3.8, 4) is 0 Å². The van der Waals surface area contributed by atoms with Gasteiger partial charge in [-0.15, -0.1) is 0 Å². The summed E-state index contributed by atoms with van der Waals surface area (Å²) >= 11 is 0. The van der Waals surface area contributed by atoms with E-state index in [4.69, 9.17) is 9.47 Å². The maximum Gasteiger partial charge on any atom is 0.180 e. The van der Waals surface area contributed by atoms with Crippen LogP contribution in [0.4, 0.5) is 0 Å². The Morgan fingerprint density at radius 1 is 1.42 bits per heavy atom. The minimum Gasteiger partial charge on any atom is -0.346 e. The molecule has 0 unspecified atom stereocenters. The molecule has 2 heterocycles. The standard InChI is InChI=1S/C9H15NO2/c1-10-4-2-8(3-5-10)9-11-6-7-12-9/h2,9H,3-7H2,1H3. The van der Waals surface area contributed by atoms with Gasteiger partial charge in [-0.2, -0.15) is 0 Å². The van der Waals surface area contributed by atoms with Gasteiger partial charge in [0.05, 0.1) is 13.2 Å². The van der Waals surface area contributed by atoms with Crippen LogP contribution >= 0.6 is 0 Å². The predicted octanol–water partition coefficient (Wildman–Crippen LogP) is 0.621. The lowest BCUT2D eigenvalue weighted by molar-refractivity contribution is -0.0154. The molecule has 0 radical (unpaired) electrons. The van der Waals surface area contributed by atoms with Crippen LogP contribution in [0, 0.1) is 0 Å². The lowest BCUT2D eigenvalue weighted by atomic mass is 10.1. The van der Waals surface area contributed by atoms with E-state index < -0.39 is 0 Å². The molecule has 0 spiro atoms. The van der Waals surface area contributed by atoms with Crippen molar-refractivity contribution in [1.82, 2.24) is 4.90 Å². The summed E-state index contributed by atoms with van der Waals surface area (Å²) < 4.78 is 10.8. The van der Waals surface area contributed by atoms with Gasteiger partial charge in [-0.1, -0.05) is 6.08 Å². The highest BCUT2D eigenvalue weighted by molar-refractivity contribution is 5.10. The van der Waals surface area contributed by atoms with Crippen molar-refractivity contribution in [2.75, 3.05) is 33.4 Å². The van der Waals surface area contributed by atoms with E-state index in [0.29, 0.717) is 0 Å². The topological polar surface area (TPSA) is 21.7 Å². The fourth-order valence-corrected chi connectivity index (χ4v) is 1.57. The molecule has 0 amide bonds. The highest BCUT2D eigenvalue weighted by atomic mass is 16.7. The summed E-state index contributed by atoms with van der Waals surface area (Å²) in [5.74, 6) is 0. The van der Waals surface area contributed by atoms with Crippen LogP contribution in [0.3, 0.4) is 0 Å². The number of ether oxygens (including phenoxy) is 2. The summed E-state index contributed by atoms with van der Waals surface area (Å²) in [4.78, 5) is 2.29. The average molecular weight is 169 g/mol. The molecule has 0 aromatic heterocycles. The van der Waals surface area contributed by atoms with Crippen molar-refractivity contribution in [2.24, 2.45) is 0 Å². The summed E-state index contributed by atoms with van der Waals surface area (Å²) in [5, 5.41) is 0. The van der Waals surface area contributed by atoms with E-state index >= 15 is 0 Å². The van der Waals surface area contributed by atoms with Crippen molar-refractivity contribution in [3.63, 3.8) is 0 Å². The average Bonchev–Trinajstić information content (AvgIpc) is 2.58. The Balaban J connectivity index is 1.94. The molecule has 68 valence electrons. The first-order valence-corrected chi connectivity index (χ1v) is 4.47. The number of rotatable bonds is 1. The molecule has 2 aliphatic rings.